The average molecular weight is 342 g/mol. The third kappa shape index (κ3) is 3050. The van der Waals surface area contributed by atoms with Crippen LogP contribution in [0.1, 0.15) is 0 Å². The second-order valence-corrected chi connectivity index (χ2v) is 1.39. The first-order valence-electron chi connectivity index (χ1n) is 2.07. The maximum atomic E-state index is 7.25. The molecular formula is H8B2O8W. The Kier molecular flexibility index (Phi) is 9.67. The summed E-state index contributed by atoms with van der Waals surface area (Å²) in [4.78, 5) is 0. The molecule has 0 aromatic carbocycles. The second-order valence-electron chi connectivity index (χ2n) is 1.39. The van der Waals surface area contributed by atoms with Gasteiger partial charge in [0.1, 0.15) is 0 Å². The molecule has 0 rings (SSSR count). The van der Waals surface area contributed by atoms with E-state index >= 15 is 0 Å². The van der Waals surface area contributed by atoms with E-state index < -0.39 is 13.9 Å². The quantitative estimate of drug-likeness (QED) is 0.203. The molecule has 0 unspecified atom stereocenters. The van der Waals surface area contributed by atoms with E-state index in [1.165, 1.54) is 0 Å². The van der Waals surface area contributed by atoms with Crippen LogP contribution in [0, 0.1) is 0 Å². The van der Waals surface area contributed by atoms with E-state index in [-0.39, 0.29) is 21.1 Å². The molecule has 0 heterocycles. The Labute approximate surface area is 75.7 Å². The summed E-state index contributed by atoms with van der Waals surface area (Å²) in [6.07, 6.45) is 0. The fraction of sp³-hybridized carbons (Fsp3) is 0. The molecule has 0 atom stereocenters. The van der Waals surface area contributed by atoms with Crippen molar-refractivity contribution in [3.63, 3.8) is 0 Å². The number of hydrogen-bond donors (Lipinski definition) is 8. The van der Waals surface area contributed by atoms with Crippen LogP contribution in [-0.4, -0.2) is 54.1 Å². The van der Waals surface area contributed by atoms with Gasteiger partial charge in [0.05, 0.1) is 0 Å². The summed E-state index contributed by atoms with van der Waals surface area (Å²) < 4.78 is 0. The Balaban J connectivity index is -0.000000107. The van der Waals surface area contributed by atoms with Crippen molar-refractivity contribution in [1.29, 1.82) is 0 Å². The van der Waals surface area contributed by atoms with E-state index in [0.29, 0.717) is 0 Å². The van der Waals surface area contributed by atoms with E-state index in [4.69, 9.17) is 40.2 Å². The van der Waals surface area contributed by atoms with Crippen LogP contribution in [-0.2, 0) is 21.1 Å². The fourth-order valence-electron chi connectivity index (χ4n) is 0. The molecule has 0 saturated heterocycles. The maximum absolute atomic E-state index is 7.25. The van der Waals surface area contributed by atoms with Gasteiger partial charge in [-0.15, -0.1) is 0 Å². The molecule has 0 aromatic rings. The predicted molar refractivity (Wildman–Crippen MR) is 29.3 cm³/mol. The monoisotopic (exact) mass is 342 g/mol. The zero-order chi connectivity index (χ0) is 9.00. The third-order valence-corrected chi connectivity index (χ3v) is 0. The van der Waals surface area contributed by atoms with Gasteiger partial charge in [-0.1, -0.05) is 0 Å². The van der Waals surface area contributed by atoms with Crippen LogP contribution in [0.15, 0.2) is 0 Å². The van der Waals surface area contributed by atoms with Gasteiger partial charge < -0.3 is 40.2 Å². The summed E-state index contributed by atoms with van der Waals surface area (Å²) >= 11 is 0. The van der Waals surface area contributed by atoms with Crippen molar-refractivity contribution in [2.75, 3.05) is 0 Å². The summed E-state index contributed by atoms with van der Waals surface area (Å²) in [5, 5.41) is 58.0. The van der Waals surface area contributed by atoms with Gasteiger partial charge in [-0.3, -0.25) is 0 Å². The molecule has 0 aliphatic carbocycles. The molecule has 0 aliphatic rings. The standard InChI is InChI=1S/2BH4O4.W/c2*2-1(3,4)5;/h2*2-5H;/q2*-1;+2. The van der Waals surface area contributed by atoms with Crippen LogP contribution in [0.25, 0.3) is 0 Å². The van der Waals surface area contributed by atoms with Crippen LogP contribution in [0.2, 0.25) is 0 Å². The Morgan fingerprint density at radius 3 is 0.455 bits per heavy atom. The normalized spacial score (nSPS) is 10.9. The van der Waals surface area contributed by atoms with E-state index in [2.05, 4.69) is 0 Å². The molecule has 68 valence electrons. The first kappa shape index (κ1) is 17.5. The van der Waals surface area contributed by atoms with Crippen LogP contribution in [0.4, 0.5) is 0 Å². The molecule has 0 fully saturated rings. The van der Waals surface area contributed by atoms with Crippen LogP contribution >= 0.6 is 0 Å². The number of rotatable bonds is 0. The summed E-state index contributed by atoms with van der Waals surface area (Å²) in [5.41, 5.74) is 0. The zero-order valence-corrected chi connectivity index (χ0v) is 8.07. The van der Waals surface area contributed by atoms with Crippen LogP contribution in [0.5, 0.6) is 0 Å². The Hall–Kier alpha value is 0.498. The summed E-state index contributed by atoms with van der Waals surface area (Å²) in [7, 11) is 0. The smallest absolute Gasteiger partial charge is 0.534 e. The van der Waals surface area contributed by atoms with Crippen molar-refractivity contribution in [2.24, 2.45) is 0 Å². The van der Waals surface area contributed by atoms with Crippen molar-refractivity contribution in [3.05, 3.63) is 0 Å². The molecular weight excluding hydrogens is 333 g/mol. The van der Waals surface area contributed by atoms with E-state index in [9.17, 15) is 0 Å². The number of hydrogen-bond acceptors (Lipinski definition) is 8. The Bertz CT molecular complexity index is 55.1. The predicted octanol–water partition coefficient (Wildman–Crippen LogP) is -5.22. The molecule has 11 heteroatoms. The largest absolute Gasteiger partial charge is 2.00 e. The van der Waals surface area contributed by atoms with Gasteiger partial charge >= 0.3 is 35.0 Å². The third-order valence-electron chi connectivity index (χ3n) is 0. The van der Waals surface area contributed by atoms with Gasteiger partial charge in [0.15, 0.2) is 0 Å². The minimum absolute atomic E-state index is 0. The summed E-state index contributed by atoms with van der Waals surface area (Å²) in [5.74, 6) is 0. The second kappa shape index (κ2) is 6.06. The zero-order valence-electron chi connectivity index (χ0n) is 5.14. The Morgan fingerprint density at radius 2 is 0.455 bits per heavy atom. The molecule has 0 saturated carbocycles. The topological polar surface area (TPSA) is 162 Å². The van der Waals surface area contributed by atoms with Crippen LogP contribution in [0.3, 0.4) is 0 Å². The molecule has 0 radical (unpaired) electrons. The van der Waals surface area contributed by atoms with Crippen LogP contribution < -0.4 is 0 Å². The maximum Gasteiger partial charge on any atom is 2.00 e. The van der Waals surface area contributed by atoms with Gasteiger partial charge in [0.2, 0.25) is 0 Å². The van der Waals surface area contributed by atoms with E-state index in [0.717, 1.165) is 0 Å². The van der Waals surface area contributed by atoms with Crippen molar-refractivity contribution < 1.29 is 61.3 Å². The van der Waals surface area contributed by atoms with Gasteiger partial charge in [-0.2, -0.15) is 0 Å². The molecule has 0 aliphatic heterocycles. The average Bonchev–Trinajstić information content (AvgIpc) is 1.12. The summed E-state index contributed by atoms with van der Waals surface area (Å²) in [6.45, 7) is -8.00. The molecule has 0 amide bonds. The van der Waals surface area contributed by atoms with E-state index in [1.54, 1.807) is 0 Å². The van der Waals surface area contributed by atoms with Crippen molar-refractivity contribution in [2.45, 2.75) is 0 Å². The molecule has 0 bridgehead atoms. The minimum atomic E-state index is -4.00. The minimum Gasteiger partial charge on any atom is -0.534 e. The molecule has 0 spiro atoms. The Morgan fingerprint density at radius 1 is 0.455 bits per heavy atom. The van der Waals surface area contributed by atoms with Gasteiger partial charge in [-0.05, 0) is 0 Å². The molecule has 8 nitrogen and oxygen atoms in total. The van der Waals surface area contributed by atoms with Gasteiger partial charge in [-0.25, -0.2) is 0 Å². The first-order chi connectivity index (χ1) is 4.00. The summed E-state index contributed by atoms with van der Waals surface area (Å²) in [6, 6.07) is 0. The molecule has 0 aromatic heterocycles. The van der Waals surface area contributed by atoms with Crippen molar-refractivity contribution in [3.8, 4) is 0 Å². The van der Waals surface area contributed by atoms with Gasteiger partial charge in [0.25, 0.3) is 0 Å². The van der Waals surface area contributed by atoms with Gasteiger partial charge in [0, 0.05) is 0 Å². The molecule has 11 heavy (non-hydrogen) atoms. The van der Waals surface area contributed by atoms with E-state index in [1.807, 2.05) is 0 Å². The SMILES string of the molecule is O[B-](O)(O)O.O[B-](O)(O)O.[W+2]. The van der Waals surface area contributed by atoms with Crippen molar-refractivity contribution in [1.82, 2.24) is 0 Å². The molecule has 8 N–H and O–H groups in total. The first-order valence-corrected chi connectivity index (χ1v) is 2.07. The van der Waals surface area contributed by atoms with Crippen molar-refractivity contribution >= 4 is 13.9 Å². The fourth-order valence-corrected chi connectivity index (χ4v) is 0.